The molecule has 0 atom stereocenters. The lowest BCUT2D eigenvalue weighted by Crippen LogP contribution is -2.55. The number of benzene rings is 3. The first-order chi connectivity index (χ1) is 27.6. The average molecular weight is 898 g/mol. The Bertz CT molecular complexity index is 1830. The predicted molar refractivity (Wildman–Crippen MR) is 231 cm³/mol. The van der Waals surface area contributed by atoms with Gasteiger partial charge in [0.2, 0.25) is 0 Å². The van der Waals surface area contributed by atoms with Gasteiger partial charge < -0.3 is 41.0 Å². The van der Waals surface area contributed by atoms with Crippen molar-refractivity contribution >= 4 is 88.5 Å². The summed E-state index contributed by atoms with van der Waals surface area (Å²) in [5, 5.41) is -0.601. The highest BCUT2D eigenvalue weighted by Gasteiger charge is 2.17. The maximum Gasteiger partial charge on any atom is 0.364 e. The molecule has 21 heteroatoms. The van der Waals surface area contributed by atoms with Crippen LogP contribution in [0, 0.1) is 0 Å². The monoisotopic (exact) mass is 897 g/mol. The lowest BCUT2D eigenvalue weighted by atomic mass is 10.2. The Morgan fingerprint density at radius 1 is 0.456 bits per heavy atom. The van der Waals surface area contributed by atoms with Crippen LogP contribution in [-0.2, 0) is 63.7 Å². The first-order valence-corrected chi connectivity index (χ1v) is 20.8. The zero-order valence-corrected chi connectivity index (χ0v) is 35.9. The topological polar surface area (TPSA) is 149 Å². The largest absolute Gasteiger partial charge is 0.497 e. The van der Waals surface area contributed by atoms with E-state index in [1.807, 2.05) is 72.8 Å². The van der Waals surface area contributed by atoms with Crippen molar-refractivity contribution in [2.45, 2.75) is 36.9 Å². The van der Waals surface area contributed by atoms with Crippen LogP contribution in [0.3, 0.4) is 0 Å². The molecule has 0 aliphatic rings. The fourth-order valence-corrected chi connectivity index (χ4v) is 6.87. The summed E-state index contributed by atoms with van der Waals surface area (Å²) >= 11 is 18.6. The van der Waals surface area contributed by atoms with Gasteiger partial charge in [0.25, 0.3) is 0 Å². The van der Waals surface area contributed by atoms with Gasteiger partial charge in [0, 0.05) is 36.7 Å². The summed E-state index contributed by atoms with van der Waals surface area (Å²) in [7, 11) is 4.76. The second-order valence-corrected chi connectivity index (χ2v) is 14.3. The minimum atomic E-state index is -0.899. The average Bonchev–Trinajstić information content (AvgIpc) is 3.22. The van der Waals surface area contributed by atoms with Gasteiger partial charge in [-0.1, -0.05) is 36.4 Å². The third kappa shape index (κ3) is 15.1. The van der Waals surface area contributed by atoms with E-state index in [2.05, 4.69) is 0 Å². The third-order valence-electron chi connectivity index (χ3n) is 7.52. The van der Waals surface area contributed by atoms with E-state index in [0.717, 1.165) is 83.8 Å². The number of methoxy groups -OCH3 is 3. The van der Waals surface area contributed by atoms with Crippen molar-refractivity contribution in [1.82, 2.24) is 13.7 Å². The minimum Gasteiger partial charge on any atom is -0.497 e. The zero-order valence-electron chi connectivity index (χ0n) is 31.0. The number of nitrogens with zero attached hydrogens (tertiary/aromatic N) is 3. The second kappa shape index (κ2) is 24.4. The van der Waals surface area contributed by atoms with Crippen molar-refractivity contribution in [3.8, 4) is 17.2 Å². The molecule has 0 aliphatic carbocycles. The van der Waals surface area contributed by atoms with Crippen LogP contribution in [0.15, 0.2) is 87.2 Å². The quantitative estimate of drug-likeness (QED) is 0.0743. The Morgan fingerprint density at radius 3 is 0.930 bits per heavy atom. The van der Waals surface area contributed by atoms with Gasteiger partial charge in [-0.2, -0.15) is 0 Å². The van der Waals surface area contributed by atoms with Crippen LogP contribution in [0.1, 0.15) is 16.7 Å². The van der Waals surface area contributed by atoms with Gasteiger partial charge in [-0.15, -0.1) is 0 Å². The zero-order chi connectivity index (χ0) is 41.0. The van der Waals surface area contributed by atoms with Crippen molar-refractivity contribution in [1.29, 1.82) is 0 Å². The highest BCUT2D eigenvalue weighted by atomic mass is 32.2. The Kier molecular flexibility index (Phi) is 19.4. The molecule has 4 rings (SSSR count). The Labute approximate surface area is 357 Å². The molecule has 0 N–H and O–H groups in total. The number of rotatable bonds is 21. The van der Waals surface area contributed by atoms with Crippen LogP contribution in [0.5, 0.6) is 17.2 Å². The summed E-state index contributed by atoms with van der Waals surface area (Å²) < 4.78 is 50.7. The molecule has 0 saturated heterocycles. The van der Waals surface area contributed by atoms with Crippen molar-refractivity contribution in [2.24, 2.45) is 0 Å². The Balaban J connectivity index is 1.34. The van der Waals surface area contributed by atoms with Crippen LogP contribution in [0.2, 0.25) is 0 Å². The maximum atomic E-state index is 13.5. The van der Waals surface area contributed by atoms with Gasteiger partial charge in [-0.05, 0) is 53.1 Å². The Hall–Kier alpha value is -4.41. The van der Waals surface area contributed by atoms with Gasteiger partial charge in [0.15, 0.2) is 0 Å². The highest BCUT2D eigenvalue weighted by molar-refractivity contribution is 7.95. The molecular formula is C36H39N3O12S6. The van der Waals surface area contributed by atoms with Crippen LogP contribution < -0.4 is 31.3 Å². The predicted octanol–water partition coefficient (Wildman–Crippen LogP) is 5.70. The second-order valence-electron chi connectivity index (χ2n) is 11.2. The first-order valence-electron chi connectivity index (χ1n) is 16.8. The molecule has 57 heavy (non-hydrogen) atoms. The fourth-order valence-electron chi connectivity index (χ4n) is 4.59. The number of thiocarbonyl (C=S) groups is 3. The van der Waals surface area contributed by atoms with Crippen LogP contribution >= 0.6 is 72.8 Å². The lowest BCUT2D eigenvalue weighted by molar-refractivity contribution is 0.218. The summed E-state index contributed by atoms with van der Waals surface area (Å²) in [6, 6.07) is 22.3. The lowest BCUT2D eigenvalue weighted by Gasteiger charge is -2.15. The van der Waals surface area contributed by atoms with Gasteiger partial charge in [-0.3, -0.25) is 0 Å². The van der Waals surface area contributed by atoms with Gasteiger partial charge in [0.1, 0.15) is 37.1 Å². The number of hydrogen-bond donors (Lipinski definition) is 0. The summed E-state index contributed by atoms with van der Waals surface area (Å²) in [6.45, 7) is -1.43. The summed E-state index contributed by atoms with van der Waals surface area (Å²) in [5.41, 5.74) is 0.194. The van der Waals surface area contributed by atoms with E-state index in [1.54, 1.807) is 21.3 Å². The number of hydrogen-bond acceptors (Lipinski definition) is 18. The van der Waals surface area contributed by atoms with Crippen molar-refractivity contribution in [3.63, 3.8) is 0 Å². The highest BCUT2D eigenvalue weighted by Crippen LogP contribution is 2.20. The summed E-state index contributed by atoms with van der Waals surface area (Å²) in [5.74, 6) is 3.59. The van der Waals surface area contributed by atoms with Gasteiger partial charge in [0.05, 0.1) is 94.4 Å². The molecule has 3 aromatic carbocycles. The van der Waals surface area contributed by atoms with Crippen LogP contribution in [0.4, 0.5) is 0 Å². The number of ether oxygens (including phenoxy) is 6. The molecule has 4 aromatic rings. The third-order valence-corrected chi connectivity index (χ3v) is 10.6. The molecule has 0 radical (unpaired) electrons. The summed E-state index contributed by atoms with van der Waals surface area (Å²) in [4.78, 5) is 40.4. The van der Waals surface area contributed by atoms with Crippen LogP contribution in [-0.4, -0.2) is 70.6 Å². The minimum absolute atomic E-state index is 0.200. The van der Waals surface area contributed by atoms with Gasteiger partial charge >= 0.3 is 32.8 Å². The van der Waals surface area contributed by atoms with Crippen molar-refractivity contribution in [3.05, 3.63) is 121 Å². The number of aromatic nitrogens is 3. The molecule has 306 valence electrons. The molecular weight excluding hydrogens is 859 g/mol. The van der Waals surface area contributed by atoms with E-state index in [0.29, 0.717) is 17.3 Å². The van der Waals surface area contributed by atoms with Gasteiger partial charge in [-0.25, -0.2) is 28.1 Å². The summed E-state index contributed by atoms with van der Waals surface area (Å²) in [6.07, 6.45) is 0. The molecule has 1 heterocycles. The molecule has 0 aliphatic heterocycles. The molecule has 15 nitrogen and oxygen atoms in total. The molecule has 0 spiro atoms. The smallest absolute Gasteiger partial charge is 0.364 e. The van der Waals surface area contributed by atoms with Crippen LogP contribution in [0.25, 0.3) is 0 Å². The first kappa shape index (κ1) is 45.3. The van der Waals surface area contributed by atoms with E-state index in [9.17, 15) is 14.4 Å². The van der Waals surface area contributed by atoms with Crippen molar-refractivity contribution < 1.29 is 41.0 Å². The standard InChI is InChI=1S/C36H39N3O12S6/c1-43-28-10-4-25(5-11-28)22-55-49-34(52)46-19-16-37-31(40)38(17-20-47-35(53)50-56-23-26-6-12-29(44-2)13-7-26)33(42)39(32(37)41)18-21-48-36(54)51-57-24-27-8-14-30(45-3)15-9-27/h4-15H,16-24H2,1-3H3. The Morgan fingerprint density at radius 2 is 0.702 bits per heavy atom. The normalized spacial score (nSPS) is 10.6. The molecule has 0 amide bonds. The van der Waals surface area contributed by atoms with E-state index in [1.165, 1.54) is 0 Å². The molecule has 0 unspecified atom stereocenters. The molecule has 0 bridgehead atoms. The van der Waals surface area contributed by atoms with Crippen molar-refractivity contribution in [2.75, 3.05) is 41.2 Å². The molecule has 0 saturated carbocycles. The van der Waals surface area contributed by atoms with E-state index in [4.69, 9.17) is 77.6 Å². The van der Waals surface area contributed by atoms with E-state index < -0.39 is 17.1 Å². The SMILES string of the molecule is COc1ccc(CSOC(=S)OCCn2c(=O)n(CCOC(=S)OSCc3ccc(OC)cc3)c(=O)n(CCOC(=S)OSCc3ccc(OC)cc3)c2=O)cc1. The fraction of sp³-hybridized carbons (Fsp3) is 0.333. The van der Waals surface area contributed by atoms with E-state index in [-0.39, 0.29) is 55.2 Å². The van der Waals surface area contributed by atoms with E-state index >= 15 is 0 Å². The molecule has 1 aromatic heterocycles. The molecule has 0 fully saturated rings. The maximum absolute atomic E-state index is 13.5.